The molecule has 0 bridgehead atoms. The van der Waals surface area contributed by atoms with Gasteiger partial charge in [0.25, 0.3) is 0 Å². The Morgan fingerprint density at radius 2 is 1.86 bits per heavy atom. The molecule has 122 valence electrons. The van der Waals surface area contributed by atoms with E-state index in [9.17, 15) is 8.42 Å². The number of sulfonamides is 1. The molecule has 0 fully saturated rings. The van der Waals surface area contributed by atoms with Gasteiger partial charge in [-0.1, -0.05) is 49.0 Å². The third-order valence-corrected chi connectivity index (χ3v) is 5.00. The summed E-state index contributed by atoms with van der Waals surface area (Å²) in [6.07, 6.45) is 2.65. The Morgan fingerprint density at radius 3 is 2.33 bits per heavy atom. The second-order valence-electron chi connectivity index (χ2n) is 4.65. The fourth-order valence-corrected chi connectivity index (χ4v) is 4.02. The maximum atomic E-state index is 12.2. The summed E-state index contributed by atoms with van der Waals surface area (Å²) in [5.74, 6) is -0.242. The van der Waals surface area contributed by atoms with Crippen LogP contribution in [0.5, 0.6) is 0 Å². The van der Waals surface area contributed by atoms with Crippen LogP contribution in [0.1, 0.15) is 31.7 Å². The molecule has 3 N–H and O–H groups in total. The van der Waals surface area contributed by atoms with Crippen molar-refractivity contribution in [3.05, 3.63) is 33.8 Å². The van der Waals surface area contributed by atoms with Gasteiger partial charge in [-0.15, -0.1) is 12.4 Å². The number of hydrogen-bond acceptors (Lipinski definition) is 3. The first-order valence-corrected chi connectivity index (χ1v) is 8.93. The summed E-state index contributed by atoms with van der Waals surface area (Å²) in [6, 6.07) is 4.67. The second kappa shape index (κ2) is 9.87. The van der Waals surface area contributed by atoms with Crippen molar-refractivity contribution in [2.75, 3.05) is 6.54 Å². The number of benzene rings is 1. The highest BCUT2D eigenvalue weighted by Gasteiger charge is 2.20. The molecular weight excluding hydrogens is 355 g/mol. The van der Waals surface area contributed by atoms with Gasteiger partial charge >= 0.3 is 0 Å². The Kier molecular flexibility index (Phi) is 9.85. The molecule has 0 saturated heterocycles. The molecule has 4 nitrogen and oxygen atoms in total. The predicted molar refractivity (Wildman–Crippen MR) is 91.8 cm³/mol. The Balaban J connectivity index is 0.00000400. The molecule has 1 aromatic carbocycles. The topological polar surface area (TPSA) is 72.2 Å². The summed E-state index contributed by atoms with van der Waals surface area (Å²) >= 11 is 12.0. The van der Waals surface area contributed by atoms with Crippen molar-refractivity contribution >= 4 is 45.6 Å². The first-order valence-electron chi connectivity index (χ1n) is 6.52. The molecule has 21 heavy (non-hydrogen) atoms. The van der Waals surface area contributed by atoms with E-state index in [1.165, 1.54) is 0 Å². The third-order valence-electron chi connectivity index (χ3n) is 2.93. The van der Waals surface area contributed by atoms with Gasteiger partial charge in [0.1, 0.15) is 0 Å². The number of nitrogens with one attached hydrogen (secondary N) is 1. The van der Waals surface area contributed by atoms with Crippen molar-refractivity contribution in [3.63, 3.8) is 0 Å². The van der Waals surface area contributed by atoms with Crippen LogP contribution in [0.15, 0.2) is 18.2 Å². The van der Waals surface area contributed by atoms with Gasteiger partial charge < -0.3 is 5.73 Å². The molecule has 1 unspecified atom stereocenters. The van der Waals surface area contributed by atoms with E-state index < -0.39 is 10.0 Å². The molecule has 0 aliphatic rings. The van der Waals surface area contributed by atoms with Crippen LogP contribution in [0, 0.1) is 0 Å². The van der Waals surface area contributed by atoms with E-state index in [0.717, 1.165) is 19.3 Å². The normalized spacial score (nSPS) is 12.8. The molecule has 0 heterocycles. The molecule has 0 aliphatic carbocycles. The molecule has 8 heteroatoms. The highest BCUT2D eigenvalue weighted by Crippen LogP contribution is 2.26. The molecule has 1 atom stereocenters. The van der Waals surface area contributed by atoms with Gasteiger partial charge in [0.05, 0.1) is 5.75 Å². The van der Waals surface area contributed by atoms with Crippen LogP contribution >= 0.6 is 35.6 Å². The lowest BCUT2D eigenvalue weighted by atomic mass is 10.1. The summed E-state index contributed by atoms with van der Waals surface area (Å²) in [4.78, 5) is 0. The lowest BCUT2D eigenvalue weighted by Crippen LogP contribution is -2.40. The predicted octanol–water partition coefficient (Wildman–Crippen LogP) is 3.35. The van der Waals surface area contributed by atoms with Crippen molar-refractivity contribution in [3.8, 4) is 0 Å². The monoisotopic (exact) mass is 374 g/mol. The minimum atomic E-state index is -3.52. The van der Waals surface area contributed by atoms with E-state index in [1.807, 2.05) is 6.92 Å². The SMILES string of the molecule is CCCCC(CN)NS(=O)(=O)Cc1c(Cl)cccc1Cl.Cl. The first-order chi connectivity index (χ1) is 9.39. The van der Waals surface area contributed by atoms with Crippen LogP contribution in [0.3, 0.4) is 0 Å². The Morgan fingerprint density at radius 1 is 1.29 bits per heavy atom. The zero-order valence-corrected chi connectivity index (χ0v) is 15.0. The van der Waals surface area contributed by atoms with Crippen LogP contribution < -0.4 is 10.5 Å². The Bertz CT molecular complexity index is 518. The van der Waals surface area contributed by atoms with E-state index in [4.69, 9.17) is 28.9 Å². The van der Waals surface area contributed by atoms with Crippen molar-refractivity contribution in [1.82, 2.24) is 4.72 Å². The maximum absolute atomic E-state index is 12.2. The number of halogens is 3. The largest absolute Gasteiger partial charge is 0.329 e. The number of unbranched alkanes of at least 4 members (excludes halogenated alkanes) is 1. The van der Waals surface area contributed by atoms with Crippen LogP contribution in [0.25, 0.3) is 0 Å². The molecule has 0 amide bonds. The van der Waals surface area contributed by atoms with Crippen molar-refractivity contribution in [1.29, 1.82) is 0 Å². The number of nitrogens with two attached hydrogens (primary N) is 1. The fraction of sp³-hybridized carbons (Fsp3) is 0.538. The Labute approximate surface area is 142 Å². The molecule has 0 aromatic heterocycles. The zero-order chi connectivity index (χ0) is 15.2. The third kappa shape index (κ3) is 7.17. The molecule has 0 radical (unpaired) electrons. The highest BCUT2D eigenvalue weighted by molar-refractivity contribution is 7.88. The minimum absolute atomic E-state index is 0. The van der Waals surface area contributed by atoms with Gasteiger partial charge in [0.2, 0.25) is 10.0 Å². The molecular formula is C13H21Cl3N2O2S. The molecule has 1 rings (SSSR count). The average molecular weight is 376 g/mol. The first kappa shape index (κ1) is 21.0. The summed E-state index contributed by atoms with van der Waals surface area (Å²) in [5.41, 5.74) is 6.01. The standard InChI is InChI=1S/C13H20Cl2N2O2S.ClH/c1-2-3-5-10(8-16)17-20(18,19)9-11-12(14)6-4-7-13(11)15;/h4,6-7,10,17H,2-3,5,8-9,16H2,1H3;1H. The lowest BCUT2D eigenvalue weighted by molar-refractivity contribution is 0.516. The fourth-order valence-electron chi connectivity index (χ4n) is 1.83. The van der Waals surface area contributed by atoms with Crippen molar-refractivity contribution < 1.29 is 8.42 Å². The summed E-state index contributed by atoms with van der Waals surface area (Å²) in [6.45, 7) is 2.32. The lowest BCUT2D eigenvalue weighted by Gasteiger charge is -2.17. The van der Waals surface area contributed by atoms with Gasteiger partial charge in [-0.3, -0.25) is 0 Å². The average Bonchev–Trinajstić information content (AvgIpc) is 2.39. The van der Waals surface area contributed by atoms with E-state index in [2.05, 4.69) is 4.72 Å². The van der Waals surface area contributed by atoms with Crippen LogP contribution in [0.2, 0.25) is 10.0 Å². The zero-order valence-electron chi connectivity index (χ0n) is 11.8. The number of rotatable bonds is 8. The van der Waals surface area contributed by atoms with E-state index in [0.29, 0.717) is 15.6 Å². The van der Waals surface area contributed by atoms with Crippen LogP contribution in [0.4, 0.5) is 0 Å². The van der Waals surface area contributed by atoms with Gasteiger partial charge in [-0.2, -0.15) is 0 Å². The van der Waals surface area contributed by atoms with E-state index in [-0.39, 0.29) is 30.7 Å². The van der Waals surface area contributed by atoms with Crippen molar-refractivity contribution in [2.45, 2.75) is 38.0 Å². The maximum Gasteiger partial charge on any atom is 0.216 e. The number of hydrogen-bond donors (Lipinski definition) is 2. The minimum Gasteiger partial charge on any atom is -0.329 e. The second-order valence-corrected chi connectivity index (χ2v) is 7.22. The molecule has 1 aromatic rings. The smallest absolute Gasteiger partial charge is 0.216 e. The summed E-state index contributed by atoms with van der Waals surface area (Å²) in [7, 11) is -3.52. The van der Waals surface area contributed by atoms with Gasteiger partial charge in [-0.05, 0) is 18.6 Å². The van der Waals surface area contributed by atoms with Crippen molar-refractivity contribution in [2.24, 2.45) is 5.73 Å². The van der Waals surface area contributed by atoms with Crippen LogP contribution in [-0.2, 0) is 15.8 Å². The van der Waals surface area contributed by atoms with Gasteiger partial charge in [0.15, 0.2) is 0 Å². The highest BCUT2D eigenvalue weighted by atomic mass is 35.5. The molecule has 0 spiro atoms. The quantitative estimate of drug-likeness (QED) is 0.732. The van der Waals surface area contributed by atoms with E-state index in [1.54, 1.807) is 18.2 Å². The summed E-state index contributed by atoms with van der Waals surface area (Å²) in [5, 5.41) is 0.696. The molecule has 0 aliphatic heterocycles. The van der Waals surface area contributed by atoms with Gasteiger partial charge in [0, 0.05) is 28.2 Å². The molecule has 0 saturated carbocycles. The van der Waals surface area contributed by atoms with E-state index >= 15 is 0 Å². The van der Waals surface area contributed by atoms with Gasteiger partial charge in [-0.25, -0.2) is 13.1 Å². The summed E-state index contributed by atoms with van der Waals surface area (Å²) < 4.78 is 26.9. The Hall–Kier alpha value is -0.0400. The van der Waals surface area contributed by atoms with Crippen LogP contribution in [-0.4, -0.2) is 21.0 Å².